The van der Waals surface area contributed by atoms with Gasteiger partial charge in [-0.1, -0.05) is 12.1 Å². The molecule has 1 aliphatic heterocycles. The van der Waals surface area contributed by atoms with Crippen LogP contribution in [0.5, 0.6) is 0 Å². The lowest BCUT2D eigenvalue weighted by Crippen LogP contribution is -2.36. The summed E-state index contributed by atoms with van der Waals surface area (Å²) in [5.41, 5.74) is 3.08. The van der Waals surface area contributed by atoms with E-state index in [9.17, 15) is 14.3 Å². The van der Waals surface area contributed by atoms with Crippen LogP contribution in [-0.4, -0.2) is 34.6 Å². The Balaban J connectivity index is 1.67. The normalized spacial score (nSPS) is 14.9. The third kappa shape index (κ3) is 4.49. The van der Waals surface area contributed by atoms with E-state index < -0.39 is 12.1 Å². The third-order valence-electron chi connectivity index (χ3n) is 4.32. The molecule has 1 amide bonds. The van der Waals surface area contributed by atoms with Crippen molar-refractivity contribution in [1.29, 1.82) is 0 Å². The highest BCUT2D eigenvalue weighted by Crippen LogP contribution is 2.21. The SMILES string of the molecule is CCOC1=NCc2cc(CC(=O)N[C@@H](c3ccc(F)cc3)[C@@H](C)O)ncc21. The van der Waals surface area contributed by atoms with Crippen LogP contribution in [0.25, 0.3) is 0 Å². The summed E-state index contributed by atoms with van der Waals surface area (Å²) in [6, 6.07) is 6.92. The first kappa shape index (κ1) is 19.0. The molecule has 0 saturated heterocycles. The average Bonchev–Trinajstić information content (AvgIpc) is 3.03. The van der Waals surface area contributed by atoms with Crippen molar-refractivity contribution in [3.63, 3.8) is 0 Å². The molecular weight excluding hydrogens is 349 g/mol. The minimum absolute atomic E-state index is 0.0711. The van der Waals surface area contributed by atoms with Crippen LogP contribution < -0.4 is 5.32 Å². The van der Waals surface area contributed by atoms with E-state index in [0.717, 1.165) is 11.1 Å². The van der Waals surface area contributed by atoms with Gasteiger partial charge in [-0.25, -0.2) is 9.38 Å². The molecule has 1 aromatic heterocycles. The molecule has 0 spiro atoms. The van der Waals surface area contributed by atoms with Crippen molar-refractivity contribution in [2.45, 2.75) is 39.0 Å². The molecule has 3 rings (SSSR count). The maximum Gasteiger partial charge on any atom is 0.226 e. The van der Waals surface area contributed by atoms with E-state index in [1.807, 2.05) is 13.0 Å². The summed E-state index contributed by atoms with van der Waals surface area (Å²) in [5.74, 6) is -0.0616. The molecule has 2 aromatic rings. The van der Waals surface area contributed by atoms with Gasteiger partial charge in [0.25, 0.3) is 0 Å². The number of hydrogen-bond donors (Lipinski definition) is 2. The number of benzene rings is 1. The first-order chi connectivity index (χ1) is 13.0. The van der Waals surface area contributed by atoms with Crippen molar-refractivity contribution in [3.8, 4) is 0 Å². The molecule has 0 saturated carbocycles. The second-order valence-corrected chi connectivity index (χ2v) is 6.40. The molecule has 7 heteroatoms. The number of amides is 1. The predicted octanol–water partition coefficient (Wildman–Crippen LogP) is 2.30. The van der Waals surface area contributed by atoms with Crippen LogP contribution in [0.4, 0.5) is 4.39 Å². The van der Waals surface area contributed by atoms with Gasteiger partial charge in [-0.15, -0.1) is 0 Å². The van der Waals surface area contributed by atoms with E-state index in [4.69, 9.17) is 4.74 Å². The van der Waals surface area contributed by atoms with Crippen molar-refractivity contribution in [1.82, 2.24) is 10.3 Å². The van der Waals surface area contributed by atoms with Crippen LogP contribution in [0.3, 0.4) is 0 Å². The quantitative estimate of drug-likeness (QED) is 0.816. The van der Waals surface area contributed by atoms with E-state index >= 15 is 0 Å². The van der Waals surface area contributed by atoms with Crippen molar-refractivity contribution in [2.75, 3.05) is 6.61 Å². The lowest BCUT2D eigenvalue weighted by molar-refractivity contribution is -0.122. The van der Waals surface area contributed by atoms with Crippen LogP contribution in [0.2, 0.25) is 0 Å². The van der Waals surface area contributed by atoms with Crippen LogP contribution in [0.1, 0.15) is 42.3 Å². The number of halogens is 1. The fourth-order valence-electron chi connectivity index (χ4n) is 3.01. The minimum Gasteiger partial charge on any atom is -0.478 e. The van der Waals surface area contributed by atoms with Gasteiger partial charge >= 0.3 is 0 Å². The number of fused-ring (bicyclic) bond motifs is 1. The molecule has 27 heavy (non-hydrogen) atoms. The summed E-state index contributed by atoms with van der Waals surface area (Å²) in [5, 5.41) is 12.8. The third-order valence-corrected chi connectivity index (χ3v) is 4.32. The smallest absolute Gasteiger partial charge is 0.226 e. The number of nitrogens with one attached hydrogen (secondary N) is 1. The molecule has 1 aromatic carbocycles. The molecular formula is C20H22FN3O3. The van der Waals surface area contributed by atoms with Gasteiger partial charge in [0.15, 0.2) is 0 Å². The number of carbonyl (C=O) groups excluding carboxylic acids is 1. The lowest BCUT2D eigenvalue weighted by atomic mass is 10.0. The number of hydrogen-bond acceptors (Lipinski definition) is 5. The molecule has 0 aliphatic carbocycles. The minimum atomic E-state index is -0.824. The summed E-state index contributed by atoms with van der Waals surface area (Å²) in [7, 11) is 0. The molecule has 2 heterocycles. The molecule has 1 aliphatic rings. The van der Waals surface area contributed by atoms with Gasteiger partial charge in [0.05, 0.1) is 43.0 Å². The number of carbonyl (C=O) groups is 1. The molecule has 2 N–H and O–H groups in total. The van der Waals surface area contributed by atoms with Gasteiger partial charge in [-0.2, -0.15) is 0 Å². The van der Waals surface area contributed by atoms with Crippen molar-refractivity contribution in [2.24, 2.45) is 4.99 Å². The second-order valence-electron chi connectivity index (χ2n) is 6.40. The van der Waals surface area contributed by atoms with Crippen LogP contribution >= 0.6 is 0 Å². The molecule has 0 radical (unpaired) electrons. The maximum atomic E-state index is 13.1. The number of aliphatic hydroxyl groups is 1. The van der Waals surface area contributed by atoms with Crippen molar-refractivity contribution in [3.05, 3.63) is 64.7 Å². The Bertz CT molecular complexity index is 850. The van der Waals surface area contributed by atoms with E-state index in [1.54, 1.807) is 25.3 Å². The monoisotopic (exact) mass is 371 g/mol. The Morgan fingerprint density at radius 3 is 2.78 bits per heavy atom. The van der Waals surface area contributed by atoms with Gasteiger partial charge in [0.2, 0.25) is 11.8 Å². The number of aliphatic hydroxyl groups excluding tert-OH is 1. The van der Waals surface area contributed by atoms with E-state index in [1.165, 1.54) is 12.1 Å². The van der Waals surface area contributed by atoms with Gasteiger partial charge in [0.1, 0.15) is 5.82 Å². The van der Waals surface area contributed by atoms with Gasteiger partial charge in [-0.05, 0) is 43.2 Å². The summed E-state index contributed by atoms with van der Waals surface area (Å²) < 4.78 is 18.6. The predicted molar refractivity (Wildman–Crippen MR) is 98.8 cm³/mol. The molecule has 0 fully saturated rings. The largest absolute Gasteiger partial charge is 0.478 e. The van der Waals surface area contributed by atoms with Crippen molar-refractivity contribution >= 4 is 11.8 Å². The molecule has 2 atom stereocenters. The van der Waals surface area contributed by atoms with Gasteiger partial charge in [0, 0.05) is 6.20 Å². The molecule has 6 nitrogen and oxygen atoms in total. The Labute approximate surface area is 157 Å². The highest BCUT2D eigenvalue weighted by molar-refractivity contribution is 5.97. The Morgan fingerprint density at radius 2 is 2.11 bits per heavy atom. The molecule has 0 unspecified atom stereocenters. The summed E-state index contributed by atoms with van der Waals surface area (Å²) in [6.07, 6.45) is 0.919. The number of aromatic nitrogens is 1. The fraction of sp³-hybridized carbons (Fsp3) is 0.350. The first-order valence-corrected chi connectivity index (χ1v) is 8.86. The summed E-state index contributed by atoms with van der Waals surface area (Å²) >= 11 is 0. The topological polar surface area (TPSA) is 83.8 Å². The number of ether oxygens (including phenoxy) is 1. The Morgan fingerprint density at radius 1 is 1.37 bits per heavy atom. The number of aliphatic imine (C=N–C) groups is 1. The lowest BCUT2D eigenvalue weighted by Gasteiger charge is -2.22. The number of rotatable bonds is 6. The highest BCUT2D eigenvalue weighted by atomic mass is 19.1. The van der Waals surface area contributed by atoms with Crippen LogP contribution in [-0.2, 0) is 22.5 Å². The van der Waals surface area contributed by atoms with E-state index in [-0.39, 0.29) is 18.1 Å². The van der Waals surface area contributed by atoms with Crippen LogP contribution in [0, 0.1) is 5.82 Å². The standard InChI is InChI=1S/C20H22FN3O3/c1-3-27-20-17-11-22-16(8-14(17)10-23-20)9-18(26)24-19(12(2)25)13-4-6-15(21)7-5-13/h4-8,11-12,19,25H,3,9-10H2,1-2H3,(H,24,26)/t12-,19-/m1/s1. The highest BCUT2D eigenvalue weighted by Gasteiger charge is 2.22. The molecule has 142 valence electrons. The van der Waals surface area contributed by atoms with E-state index in [2.05, 4.69) is 15.3 Å². The number of nitrogens with zero attached hydrogens (tertiary/aromatic N) is 2. The average molecular weight is 371 g/mol. The fourth-order valence-corrected chi connectivity index (χ4v) is 3.01. The second kappa shape index (κ2) is 8.26. The van der Waals surface area contributed by atoms with Crippen molar-refractivity contribution < 1.29 is 19.0 Å². The zero-order valence-electron chi connectivity index (χ0n) is 15.3. The number of pyridine rings is 1. The Hall–Kier alpha value is -2.80. The molecule has 0 bridgehead atoms. The van der Waals surface area contributed by atoms with Crippen LogP contribution in [0.15, 0.2) is 41.5 Å². The maximum absolute atomic E-state index is 13.1. The van der Waals surface area contributed by atoms with Gasteiger partial charge < -0.3 is 15.2 Å². The zero-order valence-corrected chi connectivity index (χ0v) is 15.3. The van der Waals surface area contributed by atoms with Gasteiger partial charge in [-0.3, -0.25) is 9.78 Å². The van der Waals surface area contributed by atoms with E-state index in [0.29, 0.717) is 30.3 Å². The zero-order chi connectivity index (χ0) is 19.4. The first-order valence-electron chi connectivity index (χ1n) is 8.86. The summed E-state index contributed by atoms with van der Waals surface area (Å²) in [4.78, 5) is 21.1. The summed E-state index contributed by atoms with van der Waals surface area (Å²) in [6.45, 7) is 4.52. The Kier molecular flexibility index (Phi) is 5.81.